The number of halogens is 1. The van der Waals surface area contributed by atoms with Gasteiger partial charge in [0.2, 0.25) is 0 Å². The van der Waals surface area contributed by atoms with Gasteiger partial charge in [-0.3, -0.25) is 9.59 Å². The van der Waals surface area contributed by atoms with Gasteiger partial charge in [0.15, 0.2) is 0 Å². The average Bonchev–Trinajstić information content (AvgIpc) is 3.16. The van der Waals surface area contributed by atoms with Crippen LogP contribution in [0, 0.1) is 11.7 Å². The number of nitrogens with one attached hydrogen (secondary N) is 1. The lowest BCUT2D eigenvalue weighted by molar-refractivity contribution is -0.141. The predicted octanol–water partition coefficient (Wildman–Crippen LogP) is 4.64. The molecule has 154 valence electrons. The van der Waals surface area contributed by atoms with Gasteiger partial charge < -0.3 is 15.2 Å². The lowest BCUT2D eigenvalue weighted by Gasteiger charge is -2.23. The van der Waals surface area contributed by atoms with Crippen LogP contribution in [-0.4, -0.2) is 22.6 Å². The molecule has 30 heavy (non-hydrogen) atoms. The molecule has 2 aromatic carbocycles. The Labute approximate surface area is 173 Å². The normalized spacial score (nSPS) is 20.3. The van der Waals surface area contributed by atoms with Crippen molar-refractivity contribution in [3.05, 3.63) is 76.8 Å². The van der Waals surface area contributed by atoms with E-state index in [0.29, 0.717) is 29.0 Å². The Hall–Kier alpha value is -3.41. The highest BCUT2D eigenvalue weighted by Gasteiger charge is 2.38. The minimum absolute atomic E-state index is 0.322. The van der Waals surface area contributed by atoms with Crippen molar-refractivity contribution in [2.45, 2.75) is 32.8 Å². The summed E-state index contributed by atoms with van der Waals surface area (Å²) < 4.78 is 19.7. The summed E-state index contributed by atoms with van der Waals surface area (Å²) in [4.78, 5) is 23.6. The molecule has 0 spiro atoms. The second kappa shape index (κ2) is 7.13. The first kappa shape index (κ1) is 19.9. The van der Waals surface area contributed by atoms with Crippen LogP contribution in [0.15, 0.2) is 54.3 Å². The van der Waals surface area contributed by atoms with E-state index < -0.39 is 23.3 Å². The van der Waals surface area contributed by atoms with Crippen molar-refractivity contribution < 1.29 is 23.8 Å². The number of anilines is 1. The second-order valence-electron chi connectivity index (χ2n) is 8.19. The zero-order valence-corrected chi connectivity index (χ0v) is 17.0. The first-order chi connectivity index (χ1) is 14.2. The van der Waals surface area contributed by atoms with Gasteiger partial charge in [-0.05, 0) is 55.7 Å². The Morgan fingerprint density at radius 1 is 1.20 bits per heavy atom. The minimum atomic E-state index is -0.821. The fraction of sp³-hybridized carbons (Fsp3) is 0.250. The number of carbonyl (C=O) groups is 2. The standard InChI is InChI=1S/C24H22FNO4/c1-13(23(28)29)10-14-4-6-15(7-5-14)18-12-20(30-24(18,2)3)21-17-9-8-16(25)11-19(17)26-22(21)27/h4-9,11-13H,10H2,1-3H3,(H,26,27)(H,28,29). The molecule has 1 unspecified atom stereocenters. The third-order valence-corrected chi connectivity index (χ3v) is 5.49. The summed E-state index contributed by atoms with van der Waals surface area (Å²) >= 11 is 0. The van der Waals surface area contributed by atoms with Crippen molar-refractivity contribution in [2.24, 2.45) is 5.92 Å². The number of benzene rings is 2. The third-order valence-electron chi connectivity index (χ3n) is 5.49. The quantitative estimate of drug-likeness (QED) is 0.724. The summed E-state index contributed by atoms with van der Waals surface area (Å²) in [6, 6.07) is 11.9. The van der Waals surface area contributed by atoms with Gasteiger partial charge in [-0.1, -0.05) is 31.2 Å². The van der Waals surface area contributed by atoms with Crippen LogP contribution in [0.4, 0.5) is 10.1 Å². The van der Waals surface area contributed by atoms with Gasteiger partial charge in [0.1, 0.15) is 17.2 Å². The van der Waals surface area contributed by atoms with Crippen LogP contribution in [0.1, 0.15) is 37.5 Å². The molecular formula is C24H22FNO4. The molecule has 2 N–H and O–H groups in total. The molecule has 4 rings (SSSR count). The average molecular weight is 407 g/mol. The van der Waals surface area contributed by atoms with Crippen LogP contribution in [0.3, 0.4) is 0 Å². The molecule has 0 fully saturated rings. The number of rotatable bonds is 4. The molecule has 1 atom stereocenters. The molecule has 2 aliphatic heterocycles. The van der Waals surface area contributed by atoms with Crippen molar-refractivity contribution in [1.29, 1.82) is 0 Å². The fourth-order valence-corrected chi connectivity index (χ4v) is 3.87. The fourth-order valence-electron chi connectivity index (χ4n) is 3.87. The van der Waals surface area contributed by atoms with Crippen molar-refractivity contribution in [2.75, 3.05) is 5.32 Å². The number of fused-ring (bicyclic) bond motifs is 1. The van der Waals surface area contributed by atoms with Crippen molar-refractivity contribution in [1.82, 2.24) is 0 Å². The van der Waals surface area contributed by atoms with Gasteiger partial charge in [-0.25, -0.2) is 4.39 Å². The number of carboxylic acid groups (broad SMARTS) is 1. The molecular weight excluding hydrogens is 385 g/mol. The Bertz CT molecular complexity index is 1110. The lowest BCUT2D eigenvalue weighted by atomic mass is 9.90. The van der Waals surface area contributed by atoms with Gasteiger partial charge in [0, 0.05) is 11.1 Å². The summed E-state index contributed by atoms with van der Waals surface area (Å²) in [5.41, 5.74) is 3.55. The van der Waals surface area contributed by atoms with Gasteiger partial charge in [-0.15, -0.1) is 0 Å². The van der Waals surface area contributed by atoms with E-state index in [9.17, 15) is 14.0 Å². The van der Waals surface area contributed by atoms with Gasteiger partial charge in [0.25, 0.3) is 5.91 Å². The molecule has 0 saturated carbocycles. The highest BCUT2D eigenvalue weighted by Crippen LogP contribution is 2.44. The number of ether oxygens (including phenoxy) is 1. The number of hydrogen-bond acceptors (Lipinski definition) is 3. The number of hydrogen-bond donors (Lipinski definition) is 2. The molecule has 2 aromatic rings. The molecule has 0 saturated heterocycles. The van der Waals surface area contributed by atoms with Crippen LogP contribution in [0.2, 0.25) is 0 Å². The van der Waals surface area contributed by atoms with E-state index in [4.69, 9.17) is 9.84 Å². The summed E-state index contributed by atoms with van der Waals surface area (Å²) in [7, 11) is 0. The van der Waals surface area contributed by atoms with E-state index in [1.807, 2.05) is 44.2 Å². The molecule has 2 heterocycles. The third kappa shape index (κ3) is 3.49. The van der Waals surface area contributed by atoms with E-state index in [1.165, 1.54) is 12.1 Å². The minimum Gasteiger partial charge on any atom is -0.482 e. The Morgan fingerprint density at radius 2 is 1.90 bits per heavy atom. The maximum Gasteiger partial charge on any atom is 0.306 e. The van der Waals surface area contributed by atoms with Crippen molar-refractivity contribution >= 4 is 28.7 Å². The number of carboxylic acids is 1. The van der Waals surface area contributed by atoms with E-state index in [0.717, 1.165) is 16.7 Å². The highest BCUT2D eigenvalue weighted by atomic mass is 19.1. The molecule has 0 radical (unpaired) electrons. The summed E-state index contributed by atoms with van der Waals surface area (Å²) in [5, 5.41) is 11.8. The predicted molar refractivity (Wildman–Crippen MR) is 112 cm³/mol. The van der Waals surface area contributed by atoms with Gasteiger partial charge in [0.05, 0.1) is 17.2 Å². The van der Waals surface area contributed by atoms with E-state index in [1.54, 1.807) is 13.0 Å². The zero-order chi connectivity index (χ0) is 21.6. The Morgan fingerprint density at radius 3 is 2.57 bits per heavy atom. The number of aliphatic carboxylic acids is 1. The van der Waals surface area contributed by atoms with Crippen molar-refractivity contribution in [3.8, 4) is 0 Å². The first-order valence-corrected chi connectivity index (χ1v) is 9.74. The van der Waals surface area contributed by atoms with Crippen LogP contribution in [0.5, 0.6) is 0 Å². The first-order valence-electron chi connectivity index (χ1n) is 9.74. The van der Waals surface area contributed by atoms with Crippen LogP contribution >= 0.6 is 0 Å². The lowest BCUT2D eigenvalue weighted by Crippen LogP contribution is -2.21. The molecule has 1 amide bonds. The van der Waals surface area contributed by atoms with Crippen LogP contribution in [0.25, 0.3) is 11.1 Å². The van der Waals surface area contributed by atoms with Gasteiger partial charge >= 0.3 is 5.97 Å². The molecule has 0 aliphatic carbocycles. The zero-order valence-electron chi connectivity index (χ0n) is 17.0. The number of carbonyl (C=O) groups excluding carboxylic acids is 1. The maximum absolute atomic E-state index is 13.5. The maximum atomic E-state index is 13.5. The Balaban J connectivity index is 1.70. The molecule has 0 bridgehead atoms. The largest absolute Gasteiger partial charge is 0.482 e. The summed E-state index contributed by atoms with van der Waals surface area (Å²) in [6.45, 7) is 5.53. The second-order valence-corrected chi connectivity index (χ2v) is 8.19. The van der Waals surface area contributed by atoms with Crippen molar-refractivity contribution in [3.63, 3.8) is 0 Å². The van der Waals surface area contributed by atoms with Crippen LogP contribution in [-0.2, 0) is 20.7 Å². The Kier molecular flexibility index (Phi) is 4.73. The van der Waals surface area contributed by atoms with E-state index >= 15 is 0 Å². The topological polar surface area (TPSA) is 75.6 Å². The molecule has 0 aromatic heterocycles. The van der Waals surface area contributed by atoms with E-state index in [2.05, 4.69) is 5.32 Å². The summed E-state index contributed by atoms with van der Waals surface area (Å²) in [6.07, 6.45) is 2.31. The SMILES string of the molecule is CC(Cc1ccc(C2=CC(=C3C(=O)Nc4cc(F)ccc43)OC2(C)C)cc1)C(=O)O. The number of amides is 1. The molecule has 2 aliphatic rings. The monoisotopic (exact) mass is 407 g/mol. The highest BCUT2D eigenvalue weighted by molar-refractivity contribution is 6.32. The smallest absolute Gasteiger partial charge is 0.306 e. The van der Waals surface area contributed by atoms with Gasteiger partial charge in [-0.2, -0.15) is 0 Å². The molecule has 5 nitrogen and oxygen atoms in total. The van der Waals surface area contributed by atoms with Crippen LogP contribution < -0.4 is 5.32 Å². The van der Waals surface area contributed by atoms with E-state index in [-0.39, 0.29) is 5.91 Å². The number of allylic oxidation sites excluding steroid dienone is 1. The molecule has 6 heteroatoms. The summed E-state index contributed by atoms with van der Waals surface area (Å²) in [5.74, 6) is -1.57.